The molecule has 1 aromatic carbocycles. The van der Waals surface area contributed by atoms with E-state index in [9.17, 15) is 0 Å². The van der Waals surface area contributed by atoms with Crippen LogP contribution in [-0.4, -0.2) is 32.8 Å². The van der Waals surface area contributed by atoms with Crippen LogP contribution >= 0.6 is 15.9 Å². The van der Waals surface area contributed by atoms with E-state index >= 15 is 0 Å². The molecule has 1 aliphatic rings. The second-order valence-electron chi connectivity index (χ2n) is 4.95. The van der Waals surface area contributed by atoms with Crippen LogP contribution < -0.4 is 10.2 Å². The molecule has 1 aromatic rings. The maximum atomic E-state index is 5.72. The van der Waals surface area contributed by atoms with Gasteiger partial charge in [0.2, 0.25) is 0 Å². The summed E-state index contributed by atoms with van der Waals surface area (Å²) in [4.78, 5) is 2.48. The summed E-state index contributed by atoms with van der Waals surface area (Å²) in [5.74, 6) is 0. The van der Waals surface area contributed by atoms with Crippen LogP contribution in [0.4, 0.5) is 5.69 Å². The van der Waals surface area contributed by atoms with E-state index in [4.69, 9.17) is 4.74 Å². The van der Waals surface area contributed by atoms with Crippen molar-refractivity contribution < 1.29 is 4.74 Å². The summed E-state index contributed by atoms with van der Waals surface area (Å²) in [5, 5.41) is 3.25. The van der Waals surface area contributed by atoms with Crippen molar-refractivity contribution in [2.75, 3.05) is 31.6 Å². The summed E-state index contributed by atoms with van der Waals surface area (Å²) < 4.78 is 6.86. The predicted molar refractivity (Wildman–Crippen MR) is 83.8 cm³/mol. The number of piperidine rings is 1. The van der Waals surface area contributed by atoms with Gasteiger partial charge in [-0.2, -0.15) is 0 Å². The largest absolute Gasteiger partial charge is 0.378 e. The number of nitrogens with zero attached hydrogens (tertiary/aromatic N) is 1. The molecule has 0 amide bonds. The lowest BCUT2D eigenvalue weighted by atomic mass is 10.0. The summed E-state index contributed by atoms with van der Waals surface area (Å²) in [6.07, 6.45) is 2.70. The topological polar surface area (TPSA) is 24.5 Å². The van der Waals surface area contributed by atoms with Crippen molar-refractivity contribution in [2.45, 2.75) is 32.4 Å². The highest BCUT2D eigenvalue weighted by Crippen LogP contribution is 2.27. The maximum Gasteiger partial charge on any atom is 0.0608 e. The molecule has 0 aromatic heterocycles. The highest BCUT2D eigenvalue weighted by atomic mass is 79.9. The van der Waals surface area contributed by atoms with Crippen LogP contribution in [0.2, 0.25) is 0 Å². The minimum absolute atomic E-state index is 0.449. The molecule has 0 unspecified atom stereocenters. The highest BCUT2D eigenvalue weighted by Gasteiger charge is 2.21. The minimum atomic E-state index is 0.449. The number of halogens is 1. The van der Waals surface area contributed by atoms with Gasteiger partial charge in [-0.25, -0.2) is 0 Å². The van der Waals surface area contributed by atoms with Gasteiger partial charge in [0.25, 0.3) is 0 Å². The quantitative estimate of drug-likeness (QED) is 0.899. The molecule has 0 bridgehead atoms. The molecule has 1 heterocycles. The van der Waals surface area contributed by atoms with E-state index in [0.717, 1.165) is 43.6 Å². The first kappa shape index (κ1) is 14.8. The molecule has 0 radical (unpaired) electrons. The molecular weight excluding hydrogens is 304 g/mol. The van der Waals surface area contributed by atoms with E-state index in [-0.39, 0.29) is 0 Å². The molecule has 3 nitrogen and oxygen atoms in total. The number of hydrogen-bond acceptors (Lipinski definition) is 3. The molecule has 0 atom stereocenters. The minimum Gasteiger partial charge on any atom is -0.378 e. The van der Waals surface area contributed by atoms with Gasteiger partial charge in [-0.15, -0.1) is 0 Å². The van der Waals surface area contributed by atoms with Crippen LogP contribution in [-0.2, 0) is 11.3 Å². The first-order valence-electron chi connectivity index (χ1n) is 7.04. The number of anilines is 1. The van der Waals surface area contributed by atoms with Crippen LogP contribution in [0.15, 0.2) is 22.7 Å². The fourth-order valence-electron chi connectivity index (χ4n) is 2.69. The third-order valence-corrected chi connectivity index (χ3v) is 4.09. The molecule has 1 fully saturated rings. The van der Waals surface area contributed by atoms with Gasteiger partial charge in [-0.1, -0.05) is 15.9 Å². The molecule has 4 heteroatoms. The van der Waals surface area contributed by atoms with Crippen molar-refractivity contribution in [3.8, 4) is 0 Å². The van der Waals surface area contributed by atoms with Gasteiger partial charge in [0.05, 0.1) is 6.10 Å². The van der Waals surface area contributed by atoms with E-state index in [1.807, 2.05) is 7.05 Å². The van der Waals surface area contributed by atoms with Crippen molar-refractivity contribution in [1.82, 2.24) is 5.32 Å². The van der Waals surface area contributed by atoms with Crippen molar-refractivity contribution in [3.05, 3.63) is 28.2 Å². The highest BCUT2D eigenvalue weighted by molar-refractivity contribution is 9.10. The molecule has 0 aliphatic carbocycles. The Labute approximate surface area is 124 Å². The Morgan fingerprint density at radius 2 is 2.11 bits per heavy atom. The average molecular weight is 327 g/mol. The fourth-order valence-corrected chi connectivity index (χ4v) is 3.10. The predicted octanol–water partition coefficient (Wildman–Crippen LogP) is 3.17. The van der Waals surface area contributed by atoms with Crippen LogP contribution in [0, 0.1) is 0 Å². The molecule has 0 spiro atoms. The lowest BCUT2D eigenvalue weighted by Crippen LogP contribution is -2.37. The Balaban J connectivity index is 2.06. The third kappa shape index (κ3) is 3.94. The van der Waals surface area contributed by atoms with E-state index in [1.165, 1.54) is 11.3 Å². The van der Waals surface area contributed by atoms with E-state index < -0.39 is 0 Å². The van der Waals surface area contributed by atoms with Crippen LogP contribution in [0.25, 0.3) is 0 Å². The molecule has 0 saturated carbocycles. The second kappa shape index (κ2) is 7.27. The molecule has 1 saturated heterocycles. The molecular formula is C15H23BrN2O. The van der Waals surface area contributed by atoms with Crippen LogP contribution in [0.5, 0.6) is 0 Å². The zero-order chi connectivity index (χ0) is 13.7. The van der Waals surface area contributed by atoms with Crippen LogP contribution in [0.3, 0.4) is 0 Å². The Bertz CT molecular complexity index is 403. The summed E-state index contributed by atoms with van der Waals surface area (Å²) in [5.41, 5.74) is 2.71. The zero-order valence-corrected chi connectivity index (χ0v) is 13.4. The van der Waals surface area contributed by atoms with Gasteiger partial charge in [0.15, 0.2) is 0 Å². The first-order valence-corrected chi connectivity index (χ1v) is 7.83. The number of hydrogen-bond donors (Lipinski definition) is 1. The normalized spacial score (nSPS) is 16.9. The number of ether oxygens (including phenoxy) is 1. The van der Waals surface area contributed by atoms with Crippen molar-refractivity contribution in [1.29, 1.82) is 0 Å². The molecule has 1 N–H and O–H groups in total. The Morgan fingerprint density at radius 3 is 2.74 bits per heavy atom. The standard InChI is InChI=1S/C15H23BrN2O/c1-3-19-14-6-8-18(9-7-14)15-5-4-13(16)10-12(15)11-17-2/h4-5,10,14,17H,3,6-9,11H2,1-2H3. The Kier molecular flexibility index (Phi) is 5.67. The first-order chi connectivity index (χ1) is 9.24. The average Bonchev–Trinajstić information content (AvgIpc) is 2.41. The van der Waals surface area contributed by atoms with Crippen molar-refractivity contribution in [2.24, 2.45) is 0 Å². The van der Waals surface area contributed by atoms with Gasteiger partial charge in [0, 0.05) is 36.4 Å². The number of benzene rings is 1. The smallest absolute Gasteiger partial charge is 0.0608 e. The number of nitrogens with one attached hydrogen (secondary N) is 1. The van der Waals surface area contributed by atoms with Crippen molar-refractivity contribution in [3.63, 3.8) is 0 Å². The molecule has 2 rings (SSSR count). The van der Waals surface area contributed by atoms with Gasteiger partial charge >= 0.3 is 0 Å². The van der Waals surface area contributed by atoms with E-state index in [0.29, 0.717) is 6.10 Å². The molecule has 106 valence electrons. The second-order valence-corrected chi connectivity index (χ2v) is 5.86. The van der Waals surface area contributed by atoms with E-state index in [2.05, 4.69) is 51.3 Å². The third-order valence-electron chi connectivity index (χ3n) is 3.59. The zero-order valence-electron chi connectivity index (χ0n) is 11.8. The van der Waals surface area contributed by atoms with Gasteiger partial charge < -0.3 is 15.0 Å². The van der Waals surface area contributed by atoms with Crippen molar-refractivity contribution >= 4 is 21.6 Å². The SMILES string of the molecule is CCOC1CCN(c2ccc(Br)cc2CNC)CC1. The summed E-state index contributed by atoms with van der Waals surface area (Å²) in [7, 11) is 1.99. The Morgan fingerprint density at radius 1 is 1.37 bits per heavy atom. The lowest BCUT2D eigenvalue weighted by Gasteiger charge is -2.34. The monoisotopic (exact) mass is 326 g/mol. The molecule has 19 heavy (non-hydrogen) atoms. The summed E-state index contributed by atoms with van der Waals surface area (Å²) in [6.45, 7) is 5.98. The van der Waals surface area contributed by atoms with Crippen LogP contribution in [0.1, 0.15) is 25.3 Å². The van der Waals surface area contributed by atoms with Gasteiger partial charge in [0.1, 0.15) is 0 Å². The molecule has 1 aliphatic heterocycles. The number of rotatable bonds is 5. The summed E-state index contributed by atoms with van der Waals surface area (Å²) >= 11 is 3.55. The lowest BCUT2D eigenvalue weighted by molar-refractivity contribution is 0.0459. The van der Waals surface area contributed by atoms with E-state index in [1.54, 1.807) is 0 Å². The van der Waals surface area contributed by atoms with Gasteiger partial charge in [-0.3, -0.25) is 0 Å². The maximum absolute atomic E-state index is 5.72. The Hall–Kier alpha value is -0.580. The summed E-state index contributed by atoms with van der Waals surface area (Å²) in [6, 6.07) is 6.56. The van der Waals surface area contributed by atoms with Gasteiger partial charge in [-0.05, 0) is 50.6 Å². The fraction of sp³-hybridized carbons (Fsp3) is 0.600.